The van der Waals surface area contributed by atoms with E-state index < -0.39 is 0 Å². The van der Waals surface area contributed by atoms with Crippen molar-refractivity contribution in [1.82, 2.24) is 9.97 Å². The van der Waals surface area contributed by atoms with Crippen LogP contribution in [0.3, 0.4) is 0 Å². The maximum Gasteiger partial charge on any atom is 0.150 e. The minimum Gasteiger partial charge on any atom is -0.298 e. The van der Waals surface area contributed by atoms with Crippen molar-refractivity contribution in [3.63, 3.8) is 0 Å². The highest BCUT2D eigenvalue weighted by Crippen LogP contribution is 2.25. The van der Waals surface area contributed by atoms with Crippen molar-refractivity contribution in [2.24, 2.45) is 0 Å². The normalized spacial score (nSPS) is 10.9. The second kappa shape index (κ2) is 5.04. The molecule has 0 radical (unpaired) electrons. The van der Waals surface area contributed by atoms with E-state index >= 15 is 0 Å². The van der Waals surface area contributed by atoms with Gasteiger partial charge in [0.05, 0.1) is 16.7 Å². The molecule has 0 fully saturated rings. The van der Waals surface area contributed by atoms with Gasteiger partial charge in [-0.05, 0) is 12.1 Å². The number of hydrogen-bond acceptors (Lipinski definition) is 3. The van der Waals surface area contributed by atoms with E-state index in [0.29, 0.717) is 5.56 Å². The van der Waals surface area contributed by atoms with Gasteiger partial charge in [-0.3, -0.25) is 9.78 Å². The molecular formula is C19H12N2O. The highest BCUT2D eigenvalue weighted by atomic mass is 16.1. The predicted octanol–water partition coefficient (Wildman–Crippen LogP) is 4.26. The Balaban J connectivity index is 1.95. The zero-order valence-corrected chi connectivity index (χ0v) is 11.7. The number of carbonyl (C=O) groups excluding carboxylic acids is 1. The third kappa shape index (κ3) is 2.04. The number of nitrogens with zero attached hydrogens (tertiary/aromatic N) is 2. The van der Waals surface area contributed by atoms with E-state index in [1.54, 1.807) is 18.3 Å². The number of carbonyl (C=O) groups is 1. The third-order valence-corrected chi connectivity index (χ3v) is 3.77. The Bertz CT molecular complexity index is 991. The fourth-order valence-corrected chi connectivity index (χ4v) is 2.62. The molecule has 4 rings (SSSR count). The van der Waals surface area contributed by atoms with Crippen molar-refractivity contribution in [2.45, 2.75) is 0 Å². The lowest BCUT2D eigenvalue weighted by atomic mass is 10.1. The van der Waals surface area contributed by atoms with Crippen molar-refractivity contribution in [3.8, 4) is 11.3 Å². The summed E-state index contributed by atoms with van der Waals surface area (Å²) in [6.45, 7) is 0. The van der Waals surface area contributed by atoms with E-state index in [0.717, 1.165) is 39.3 Å². The lowest BCUT2D eigenvalue weighted by molar-refractivity contribution is 0.112. The van der Waals surface area contributed by atoms with Crippen LogP contribution in [0.1, 0.15) is 10.4 Å². The minimum absolute atomic E-state index is 0.664. The lowest BCUT2D eigenvalue weighted by Gasteiger charge is -2.06. The SMILES string of the molecule is O=Cc1ccc(-c2ccc3ccc4cccnc4c3n2)cc1. The molecule has 22 heavy (non-hydrogen) atoms. The Hall–Kier alpha value is -3.07. The molecule has 0 aliphatic rings. The van der Waals surface area contributed by atoms with Crippen molar-refractivity contribution < 1.29 is 4.79 Å². The van der Waals surface area contributed by atoms with Gasteiger partial charge in [0.1, 0.15) is 6.29 Å². The van der Waals surface area contributed by atoms with Gasteiger partial charge in [-0.1, -0.05) is 48.5 Å². The number of rotatable bonds is 2. The van der Waals surface area contributed by atoms with E-state index in [9.17, 15) is 4.79 Å². The van der Waals surface area contributed by atoms with Gasteiger partial charge in [-0.25, -0.2) is 4.98 Å². The largest absolute Gasteiger partial charge is 0.298 e. The molecule has 0 saturated heterocycles. The Kier molecular flexibility index (Phi) is 2.90. The second-order valence-electron chi connectivity index (χ2n) is 5.15. The standard InChI is InChI=1S/C19H12N2O/c22-12-13-3-5-14(6-4-13)17-10-9-16-8-7-15-2-1-11-20-18(15)19(16)21-17/h1-12H. The van der Waals surface area contributed by atoms with E-state index in [2.05, 4.69) is 23.2 Å². The first kappa shape index (κ1) is 12.7. The van der Waals surface area contributed by atoms with Crippen LogP contribution in [0.2, 0.25) is 0 Å². The zero-order chi connectivity index (χ0) is 14.9. The van der Waals surface area contributed by atoms with E-state index in [-0.39, 0.29) is 0 Å². The van der Waals surface area contributed by atoms with Gasteiger partial charge in [0.2, 0.25) is 0 Å². The van der Waals surface area contributed by atoms with Crippen molar-refractivity contribution in [3.05, 3.63) is 72.4 Å². The summed E-state index contributed by atoms with van der Waals surface area (Å²) in [5.41, 5.74) is 4.33. The number of pyridine rings is 2. The Labute approximate surface area is 127 Å². The number of benzene rings is 2. The average molecular weight is 284 g/mol. The van der Waals surface area contributed by atoms with Crippen LogP contribution in [-0.4, -0.2) is 16.3 Å². The maximum atomic E-state index is 10.8. The lowest BCUT2D eigenvalue weighted by Crippen LogP contribution is -1.89. The monoisotopic (exact) mass is 284 g/mol. The van der Waals surface area contributed by atoms with Crippen LogP contribution in [0, 0.1) is 0 Å². The molecule has 2 aromatic heterocycles. The van der Waals surface area contributed by atoms with Crippen LogP contribution in [0.5, 0.6) is 0 Å². The summed E-state index contributed by atoms with van der Waals surface area (Å²) in [7, 11) is 0. The van der Waals surface area contributed by atoms with Crippen molar-refractivity contribution in [1.29, 1.82) is 0 Å². The first-order chi connectivity index (χ1) is 10.8. The molecular weight excluding hydrogens is 272 g/mol. The van der Waals surface area contributed by atoms with Crippen molar-refractivity contribution in [2.75, 3.05) is 0 Å². The summed E-state index contributed by atoms with van der Waals surface area (Å²) in [5, 5.41) is 2.15. The Morgan fingerprint density at radius 3 is 2.27 bits per heavy atom. The van der Waals surface area contributed by atoms with E-state index in [1.807, 2.05) is 30.3 Å². The molecule has 4 aromatic rings. The third-order valence-electron chi connectivity index (χ3n) is 3.77. The molecule has 3 heteroatoms. The molecule has 0 aliphatic heterocycles. The molecule has 104 valence electrons. The summed E-state index contributed by atoms with van der Waals surface area (Å²) in [6.07, 6.45) is 2.63. The highest BCUT2D eigenvalue weighted by molar-refractivity contribution is 6.03. The molecule has 2 aromatic carbocycles. The first-order valence-corrected chi connectivity index (χ1v) is 7.05. The number of fused-ring (bicyclic) bond motifs is 3. The highest BCUT2D eigenvalue weighted by Gasteiger charge is 2.06. The smallest absolute Gasteiger partial charge is 0.150 e. The molecule has 0 amide bonds. The number of aromatic nitrogens is 2. The molecule has 0 atom stereocenters. The fraction of sp³-hybridized carbons (Fsp3) is 0. The Morgan fingerprint density at radius 2 is 1.50 bits per heavy atom. The molecule has 3 nitrogen and oxygen atoms in total. The van der Waals surface area contributed by atoms with Gasteiger partial charge < -0.3 is 0 Å². The van der Waals surface area contributed by atoms with E-state index in [1.165, 1.54) is 0 Å². The summed E-state index contributed by atoms with van der Waals surface area (Å²) in [5.74, 6) is 0. The van der Waals surface area contributed by atoms with Crippen LogP contribution in [0.25, 0.3) is 33.1 Å². The number of aldehydes is 1. The molecule has 0 spiro atoms. The Morgan fingerprint density at radius 1 is 0.773 bits per heavy atom. The summed E-state index contributed by atoms with van der Waals surface area (Å²) < 4.78 is 0. The molecule has 0 N–H and O–H groups in total. The van der Waals surface area contributed by atoms with Gasteiger partial charge in [0.25, 0.3) is 0 Å². The summed E-state index contributed by atoms with van der Waals surface area (Å²) in [4.78, 5) is 20.0. The topological polar surface area (TPSA) is 42.9 Å². The molecule has 0 saturated carbocycles. The van der Waals surface area contributed by atoms with Crippen LogP contribution in [-0.2, 0) is 0 Å². The van der Waals surface area contributed by atoms with Gasteiger partial charge in [-0.2, -0.15) is 0 Å². The average Bonchev–Trinajstić information content (AvgIpc) is 2.61. The molecule has 2 heterocycles. The molecule has 0 unspecified atom stereocenters. The van der Waals surface area contributed by atoms with Gasteiger partial charge >= 0.3 is 0 Å². The maximum absolute atomic E-state index is 10.8. The van der Waals surface area contributed by atoms with Crippen LogP contribution < -0.4 is 0 Å². The molecule has 0 aliphatic carbocycles. The minimum atomic E-state index is 0.664. The summed E-state index contributed by atoms with van der Waals surface area (Å²) in [6, 6.07) is 19.6. The first-order valence-electron chi connectivity index (χ1n) is 7.05. The van der Waals surface area contributed by atoms with Gasteiger partial charge in [0.15, 0.2) is 0 Å². The van der Waals surface area contributed by atoms with Crippen LogP contribution in [0.15, 0.2) is 66.9 Å². The fourth-order valence-electron chi connectivity index (χ4n) is 2.62. The van der Waals surface area contributed by atoms with E-state index in [4.69, 9.17) is 4.98 Å². The zero-order valence-electron chi connectivity index (χ0n) is 11.7. The van der Waals surface area contributed by atoms with Crippen LogP contribution >= 0.6 is 0 Å². The molecule has 0 bridgehead atoms. The summed E-state index contributed by atoms with van der Waals surface area (Å²) >= 11 is 0. The second-order valence-corrected chi connectivity index (χ2v) is 5.15. The van der Waals surface area contributed by atoms with Crippen molar-refractivity contribution >= 4 is 28.1 Å². The van der Waals surface area contributed by atoms with Gasteiger partial charge in [-0.15, -0.1) is 0 Å². The van der Waals surface area contributed by atoms with Crippen LogP contribution in [0.4, 0.5) is 0 Å². The van der Waals surface area contributed by atoms with Gasteiger partial charge in [0, 0.05) is 28.1 Å². The quantitative estimate of drug-likeness (QED) is 0.408. The predicted molar refractivity (Wildman–Crippen MR) is 87.9 cm³/mol. The number of hydrogen-bond donors (Lipinski definition) is 0.